The molecule has 5 nitrogen and oxygen atoms in total. The van der Waals surface area contributed by atoms with Crippen molar-refractivity contribution >= 4 is 11.9 Å². The van der Waals surface area contributed by atoms with Crippen LogP contribution in [0.15, 0.2) is 23.8 Å². The molecule has 0 aromatic rings. The summed E-state index contributed by atoms with van der Waals surface area (Å²) in [6.07, 6.45) is 8.13. The minimum atomic E-state index is -1.00. The van der Waals surface area contributed by atoms with E-state index >= 15 is 0 Å². The number of carboxylic acid groups (broad SMARTS) is 2. The molecule has 0 radical (unpaired) electrons. The van der Waals surface area contributed by atoms with E-state index in [1.807, 2.05) is 45.9 Å². The van der Waals surface area contributed by atoms with Gasteiger partial charge < -0.3 is 10.2 Å². The largest absolute Gasteiger partial charge is 0.480 e. The third-order valence-corrected chi connectivity index (χ3v) is 3.44. The lowest BCUT2D eigenvalue weighted by Gasteiger charge is -2.22. The van der Waals surface area contributed by atoms with Gasteiger partial charge in [0.1, 0.15) is 12.1 Å². The van der Waals surface area contributed by atoms with E-state index in [2.05, 4.69) is 5.32 Å². The number of carboxylic acids is 2. The van der Waals surface area contributed by atoms with E-state index in [1.165, 1.54) is 0 Å². The Bertz CT molecular complexity index is 413. The molecule has 0 saturated heterocycles. The molecule has 0 aliphatic rings. The Kier molecular flexibility index (Phi) is 10.2. The summed E-state index contributed by atoms with van der Waals surface area (Å²) in [5.74, 6) is -1.82. The lowest BCUT2D eigenvalue weighted by molar-refractivity contribution is -0.143. The first-order valence-corrected chi connectivity index (χ1v) is 7.84. The van der Waals surface area contributed by atoms with Gasteiger partial charge >= 0.3 is 11.9 Å². The molecule has 5 heteroatoms. The fraction of sp³-hybridized carbons (Fsp3) is 0.647. The van der Waals surface area contributed by atoms with Gasteiger partial charge in [-0.05, 0) is 38.5 Å². The van der Waals surface area contributed by atoms with Gasteiger partial charge in [-0.1, -0.05) is 44.6 Å². The van der Waals surface area contributed by atoms with Gasteiger partial charge in [-0.3, -0.25) is 14.9 Å². The van der Waals surface area contributed by atoms with Crippen molar-refractivity contribution in [2.75, 3.05) is 0 Å². The number of hydrogen-bond donors (Lipinski definition) is 3. The van der Waals surface area contributed by atoms with E-state index in [4.69, 9.17) is 0 Å². The first kappa shape index (κ1) is 20.4. The summed E-state index contributed by atoms with van der Waals surface area (Å²) in [5.41, 5.74) is 1.15. The van der Waals surface area contributed by atoms with Crippen LogP contribution in [-0.2, 0) is 9.59 Å². The number of rotatable bonds is 11. The highest BCUT2D eigenvalue weighted by Gasteiger charge is 2.26. The summed E-state index contributed by atoms with van der Waals surface area (Å²) in [6.45, 7) is 7.79. The average molecular weight is 311 g/mol. The topological polar surface area (TPSA) is 86.6 Å². The van der Waals surface area contributed by atoms with Crippen LogP contribution >= 0.6 is 0 Å². The SMILES string of the molecule is C/C=C\C=C(/CC)CCC(NC(CC(C)C)C(=O)O)C(=O)O. The second kappa shape index (κ2) is 11.0. The van der Waals surface area contributed by atoms with E-state index < -0.39 is 24.0 Å². The van der Waals surface area contributed by atoms with E-state index in [-0.39, 0.29) is 5.92 Å². The summed E-state index contributed by atoms with van der Waals surface area (Å²) >= 11 is 0. The quantitative estimate of drug-likeness (QED) is 0.510. The van der Waals surface area contributed by atoms with Crippen LogP contribution in [0.3, 0.4) is 0 Å². The van der Waals surface area contributed by atoms with Crippen molar-refractivity contribution in [1.29, 1.82) is 0 Å². The number of nitrogens with one attached hydrogen (secondary N) is 1. The molecule has 0 amide bonds. The molecule has 0 spiro atoms. The van der Waals surface area contributed by atoms with Gasteiger partial charge in [0.05, 0.1) is 0 Å². The van der Waals surface area contributed by atoms with Gasteiger partial charge in [-0.2, -0.15) is 0 Å². The molecule has 22 heavy (non-hydrogen) atoms. The maximum atomic E-state index is 11.4. The number of aliphatic carboxylic acids is 2. The minimum Gasteiger partial charge on any atom is -0.480 e. The molecule has 0 saturated carbocycles. The molecular formula is C17H29NO4. The summed E-state index contributed by atoms with van der Waals surface area (Å²) in [4.78, 5) is 22.6. The number of carbonyl (C=O) groups is 2. The van der Waals surface area contributed by atoms with Crippen molar-refractivity contribution in [3.63, 3.8) is 0 Å². The summed E-state index contributed by atoms with van der Waals surface area (Å²) in [6, 6.07) is -1.67. The predicted molar refractivity (Wildman–Crippen MR) is 87.9 cm³/mol. The van der Waals surface area contributed by atoms with Gasteiger partial charge in [0, 0.05) is 0 Å². The highest BCUT2D eigenvalue weighted by molar-refractivity contribution is 5.77. The third-order valence-electron chi connectivity index (χ3n) is 3.44. The van der Waals surface area contributed by atoms with Crippen molar-refractivity contribution in [3.05, 3.63) is 23.8 Å². The smallest absolute Gasteiger partial charge is 0.320 e. The van der Waals surface area contributed by atoms with Crippen LogP contribution in [0.2, 0.25) is 0 Å². The van der Waals surface area contributed by atoms with E-state index in [0.717, 1.165) is 12.0 Å². The van der Waals surface area contributed by atoms with Crippen LogP contribution in [0.4, 0.5) is 0 Å². The molecule has 0 aliphatic heterocycles. The lowest BCUT2D eigenvalue weighted by Crippen LogP contribution is -2.47. The third kappa shape index (κ3) is 8.62. The van der Waals surface area contributed by atoms with Gasteiger partial charge in [0.25, 0.3) is 0 Å². The average Bonchev–Trinajstić information content (AvgIpc) is 2.43. The zero-order chi connectivity index (χ0) is 17.1. The molecule has 0 aliphatic carbocycles. The zero-order valence-corrected chi connectivity index (χ0v) is 14.0. The van der Waals surface area contributed by atoms with Crippen LogP contribution in [0.1, 0.15) is 53.4 Å². The fourth-order valence-electron chi connectivity index (χ4n) is 2.17. The molecule has 0 rings (SSSR count). The van der Waals surface area contributed by atoms with Crippen LogP contribution in [0.5, 0.6) is 0 Å². The lowest BCUT2D eigenvalue weighted by atomic mass is 9.99. The Morgan fingerprint density at radius 2 is 1.73 bits per heavy atom. The summed E-state index contributed by atoms with van der Waals surface area (Å²) < 4.78 is 0. The Balaban J connectivity index is 4.78. The molecule has 0 aromatic carbocycles. The standard InChI is InChI=1S/C17H29NO4/c1-5-7-8-13(6-2)9-10-14(16(19)20)18-15(17(21)22)11-12(3)4/h5,7-8,12,14-15,18H,6,9-11H2,1-4H3,(H,19,20)(H,21,22)/b7-5-,13-8+. The van der Waals surface area contributed by atoms with E-state index in [0.29, 0.717) is 19.3 Å². The molecule has 2 atom stereocenters. The minimum absolute atomic E-state index is 0.184. The van der Waals surface area contributed by atoms with Gasteiger partial charge in [-0.25, -0.2) is 0 Å². The van der Waals surface area contributed by atoms with Crippen molar-refractivity contribution in [3.8, 4) is 0 Å². The van der Waals surface area contributed by atoms with Crippen LogP contribution in [0, 0.1) is 5.92 Å². The highest BCUT2D eigenvalue weighted by atomic mass is 16.4. The molecule has 0 bridgehead atoms. The van der Waals surface area contributed by atoms with Crippen molar-refractivity contribution in [2.24, 2.45) is 5.92 Å². The Hall–Kier alpha value is -1.62. The van der Waals surface area contributed by atoms with E-state index in [9.17, 15) is 19.8 Å². The first-order valence-electron chi connectivity index (χ1n) is 7.84. The summed E-state index contributed by atoms with van der Waals surface area (Å²) in [7, 11) is 0. The molecule has 0 aromatic heterocycles. The number of hydrogen-bond acceptors (Lipinski definition) is 3. The first-order chi connectivity index (χ1) is 10.3. The fourth-order valence-corrected chi connectivity index (χ4v) is 2.17. The van der Waals surface area contributed by atoms with Gasteiger partial charge in [0.2, 0.25) is 0 Å². The van der Waals surface area contributed by atoms with E-state index in [1.54, 1.807) is 0 Å². The van der Waals surface area contributed by atoms with Crippen molar-refractivity contribution < 1.29 is 19.8 Å². The Labute approximate surface area is 133 Å². The van der Waals surface area contributed by atoms with Crippen LogP contribution in [0.25, 0.3) is 0 Å². The predicted octanol–water partition coefficient (Wildman–Crippen LogP) is 3.22. The van der Waals surface area contributed by atoms with Crippen LogP contribution < -0.4 is 5.32 Å². The van der Waals surface area contributed by atoms with Crippen LogP contribution in [-0.4, -0.2) is 34.2 Å². The molecule has 126 valence electrons. The Morgan fingerprint density at radius 1 is 1.14 bits per heavy atom. The zero-order valence-electron chi connectivity index (χ0n) is 14.0. The number of allylic oxidation sites excluding steroid dienone is 4. The molecule has 0 heterocycles. The summed E-state index contributed by atoms with van der Waals surface area (Å²) in [5, 5.41) is 21.3. The molecule has 2 unspecified atom stereocenters. The van der Waals surface area contributed by atoms with Gasteiger partial charge in [-0.15, -0.1) is 0 Å². The Morgan fingerprint density at radius 3 is 2.14 bits per heavy atom. The monoisotopic (exact) mass is 311 g/mol. The second-order valence-corrected chi connectivity index (χ2v) is 5.82. The normalized spacial score (nSPS) is 15.2. The highest BCUT2D eigenvalue weighted by Crippen LogP contribution is 2.14. The molecular weight excluding hydrogens is 282 g/mol. The van der Waals surface area contributed by atoms with Crippen molar-refractivity contribution in [1.82, 2.24) is 5.32 Å². The maximum absolute atomic E-state index is 11.4. The van der Waals surface area contributed by atoms with Crippen molar-refractivity contribution in [2.45, 2.75) is 65.5 Å². The molecule has 0 fully saturated rings. The van der Waals surface area contributed by atoms with Gasteiger partial charge in [0.15, 0.2) is 0 Å². The second-order valence-electron chi connectivity index (χ2n) is 5.82. The molecule has 3 N–H and O–H groups in total. The maximum Gasteiger partial charge on any atom is 0.320 e.